The number of hydrogen-bond donors (Lipinski definition) is 0. The summed E-state index contributed by atoms with van der Waals surface area (Å²) in [7, 11) is 0. The molecule has 2 bridgehead atoms. The molecule has 346 valence electrons. The molecule has 16 rings (SSSR count). The summed E-state index contributed by atoms with van der Waals surface area (Å²) in [5, 5.41) is 2.52. The van der Waals surface area contributed by atoms with Crippen LogP contribution >= 0.6 is 22.7 Å². The van der Waals surface area contributed by atoms with Gasteiger partial charge >= 0.3 is 0 Å². The summed E-state index contributed by atoms with van der Waals surface area (Å²) in [6, 6.07) is 87.4. The van der Waals surface area contributed by atoms with E-state index in [0.29, 0.717) is 11.6 Å². The van der Waals surface area contributed by atoms with Gasteiger partial charge in [-0.05, 0) is 116 Å². The third-order valence-corrected chi connectivity index (χ3v) is 17.2. The first-order valence-electron chi connectivity index (χ1n) is 25.1. The van der Waals surface area contributed by atoms with Crippen LogP contribution in [0, 0.1) is 0 Å². The van der Waals surface area contributed by atoms with Crippen molar-refractivity contribution in [2.24, 2.45) is 0 Å². The molecule has 4 heterocycles. The maximum absolute atomic E-state index is 5.39. The van der Waals surface area contributed by atoms with Crippen molar-refractivity contribution in [1.82, 2.24) is 19.9 Å². The maximum atomic E-state index is 5.39. The Labute approximate surface area is 436 Å². The highest BCUT2D eigenvalue weighted by Gasteiger charge is 2.41. The van der Waals surface area contributed by atoms with Crippen molar-refractivity contribution < 1.29 is 0 Å². The first-order chi connectivity index (χ1) is 36.6. The summed E-state index contributed by atoms with van der Waals surface area (Å²) in [6.45, 7) is 0. The van der Waals surface area contributed by atoms with Crippen LogP contribution in [0.5, 0.6) is 0 Å². The molecule has 13 aromatic rings. The molecule has 74 heavy (non-hydrogen) atoms. The smallest absolute Gasteiger partial charge is 0.160 e. The first kappa shape index (κ1) is 42.7. The second kappa shape index (κ2) is 17.4. The van der Waals surface area contributed by atoms with Crippen LogP contribution in [0.4, 0.5) is 0 Å². The average molecular weight is 979 g/mol. The molecule has 2 unspecified atom stereocenters. The topological polar surface area (TPSA) is 51.6 Å². The minimum atomic E-state index is 0.0359. The number of nitrogens with zero attached hydrogens (tertiary/aromatic N) is 4. The molecular weight excluding hydrogens is 937 g/mol. The summed E-state index contributed by atoms with van der Waals surface area (Å²) in [5.41, 5.74) is 20.1. The van der Waals surface area contributed by atoms with Crippen LogP contribution in [0.1, 0.15) is 45.2 Å². The Kier molecular flexibility index (Phi) is 10.0. The standard InChI is InChI=1S/C68H42N4S2/c1-3-15-41(16-4-1)57-39-59(43-21-13-23-45(33-43)63-37-47-19-7-11-27-61(47)73-63)71-67(69-57)49-29-31-53-55(35-49)65-51-25-9-10-26-52(51)66(53)56-36-50(30-32-54(56)65)68-70-58(42-17-5-2-6-18-42)40-60(72-68)44-22-14-24-46(34-44)64-38-48-20-8-12-28-62(48)74-64/h1-40,65-66H. The number of benzene rings is 9. The lowest BCUT2D eigenvalue weighted by Crippen LogP contribution is -2.27. The van der Waals surface area contributed by atoms with E-state index in [1.54, 1.807) is 0 Å². The predicted molar refractivity (Wildman–Crippen MR) is 307 cm³/mol. The zero-order valence-corrected chi connectivity index (χ0v) is 41.5. The van der Waals surface area contributed by atoms with Crippen LogP contribution in [0.2, 0.25) is 0 Å². The SMILES string of the molecule is c1ccc(-c2cc(-c3cccc(-c4cc5ccccc5s4)c3)nc(-c3ccc4c(c3)C3c5ccccc5C4c4cc(-c5nc(-c6ccccc6)cc(-c6cccc(-c7cc8ccccc8s7)c6)n5)ccc43)n2)cc1. The summed E-state index contributed by atoms with van der Waals surface area (Å²) < 4.78 is 2.57. The minimum Gasteiger partial charge on any atom is -0.228 e. The fraction of sp³-hybridized carbons (Fsp3) is 0.0294. The molecule has 0 aliphatic heterocycles. The molecule has 4 aromatic heterocycles. The van der Waals surface area contributed by atoms with Gasteiger partial charge in [-0.1, -0.05) is 182 Å². The van der Waals surface area contributed by atoms with Gasteiger partial charge in [0.25, 0.3) is 0 Å². The molecule has 0 saturated carbocycles. The summed E-state index contributed by atoms with van der Waals surface area (Å²) in [5.74, 6) is 1.49. The molecule has 0 amide bonds. The minimum absolute atomic E-state index is 0.0359. The van der Waals surface area contributed by atoms with Crippen molar-refractivity contribution in [3.05, 3.63) is 276 Å². The predicted octanol–water partition coefficient (Wildman–Crippen LogP) is 18.0. The van der Waals surface area contributed by atoms with Gasteiger partial charge < -0.3 is 0 Å². The Bertz CT molecular complexity index is 4000. The number of thiophene rings is 2. The Morgan fingerprint density at radius 2 is 0.608 bits per heavy atom. The van der Waals surface area contributed by atoms with Crippen LogP contribution in [-0.2, 0) is 0 Å². The Balaban J connectivity index is 0.830. The van der Waals surface area contributed by atoms with Crippen LogP contribution < -0.4 is 0 Å². The average Bonchev–Trinajstić information content (AvgIpc) is 4.13. The van der Waals surface area contributed by atoms with Crippen molar-refractivity contribution in [3.63, 3.8) is 0 Å². The third-order valence-electron chi connectivity index (χ3n) is 14.9. The molecule has 0 saturated heterocycles. The molecule has 0 N–H and O–H groups in total. The first-order valence-corrected chi connectivity index (χ1v) is 26.7. The lowest BCUT2D eigenvalue weighted by atomic mass is 9.61. The van der Waals surface area contributed by atoms with E-state index in [1.807, 2.05) is 22.7 Å². The lowest BCUT2D eigenvalue weighted by molar-refractivity contribution is 0.754. The van der Waals surface area contributed by atoms with E-state index >= 15 is 0 Å². The van der Waals surface area contributed by atoms with Crippen molar-refractivity contribution in [2.75, 3.05) is 0 Å². The fourth-order valence-electron chi connectivity index (χ4n) is 11.4. The second-order valence-corrected chi connectivity index (χ2v) is 21.5. The molecule has 0 spiro atoms. The summed E-state index contributed by atoms with van der Waals surface area (Å²) >= 11 is 3.65. The van der Waals surface area contributed by atoms with Gasteiger partial charge in [0.2, 0.25) is 0 Å². The monoisotopic (exact) mass is 978 g/mol. The molecule has 6 heteroatoms. The Hall–Kier alpha value is -8.94. The molecule has 9 aromatic carbocycles. The van der Waals surface area contributed by atoms with E-state index in [1.165, 1.54) is 74.4 Å². The molecule has 0 fully saturated rings. The number of aromatic nitrogens is 4. The normalized spacial score (nSPS) is 14.2. The van der Waals surface area contributed by atoms with Gasteiger partial charge in [0, 0.05) is 64.4 Å². The zero-order chi connectivity index (χ0) is 48.7. The van der Waals surface area contributed by atoms with Gasteiger partial charge in [0.15, 0.2) is 11.6 Å². The second-order valence-electron chi connectivity index (χ2n) is 19.3. The fourth-order valence-corrected chi connectivity index (χ4v) is 13.5. The van der Waals surface area contributed by atoms with Crippen molar-refractivity contribution in [3.8, 4) is 88.7 Å². The highest BCUT2D eigenvalue weighted by Crippen LogP contribution is 2.57. The van der Waals surface area contributed by atoms with Gasteiger partial charge in [-0.2, -0.15) is 0 Å². The maximum Gasteiger partial charge on any atom is 0.160 e. The van der Waals surface area contributed by atoms with Crippen molar-refractivity contribution >= 4 is 42.8 Å². The van der Waals surface area contributed by atoms with Crippen molar-refractivity contribution in [2.45, 2.75) is 11.8 Å². The van der Waals surface area contributed by atoms with E-state index < -0.39 is 0 Å². The van der Waals surface area contributed by atoms with Gasteiger partial charge in [0.1, 0.15) is 0 Å². The van der Waals surface area contributed by atoms with Gasteiger partial charge in [-0.25, -0.2) is 19.9 Å². The van der Waals surface area contributed by atoms with Gasteiger partial charge in [0.05, 0.1) is 22.8 Å². The number of hydrogen-bond acceptors (Lipinski definition) is 6. The molecule has 3 aliphatic carbocycles. The quantitative estimate of drug-likeness (QED) is 0.152. The van der Waals surface area contributed by atoms with Crippen molar-refractivity contribution in [1.29, 1.82) is 0 Å². The molecule has 0 radical (unpaired) electrons. The Morgan fingerprint density at radius 3 is 1.05 bits per heavy atom. The van der Waals surface area contributed by atoms with Crippen LogP contribution in [0.3, 0.4) is 0 Å². The number of fused-ring (bicyclic) bond motifs is 2. The van der Waals surface area contributed by atoms with Crippen LogP contribution in [-0.4, -0.2) is 19.9 Å². The van der Waals surface area contributed by atoms with Crippen LogP contribution in [0.25, 0.3) is 109 Å². The molecular formula is C68H42N4S2. The Morgan fingerprint density at radius 1 is 0.243 bits per heavy atom. The summed E-state index contributed by atoms with van der Waals surface area (Å²) in [4.78, 5) is 23.9. The van der Waals surface area contributed by atoms with E-state index in [2.05, 4.69) is 243 Å². The van der Waals surface area contributed by atoms with Gasteiger partial charge in [-0.3, -0.25) is 0 Å². The highest BCUT2D eigenvalue weighted by molar-refractivity contribution is 7.22. The van der Waals surface area contributed by atoms with Gasteiger partial charge in [-0.15, -0.1) is 22.7 Å². The largest absolute Gasteiger partial charge is 0.228 e. The lowest BCUT2D eigenvalue weighted by Gasteiger charge is -2.42. The molecule has 3 aliphatic rings. The van der Waals surface area contributed by atoms with E-state index in [9.17, 15) is 0 Å². The molecule has 4 nitrogen and oxygen atoms in total. The zero-order valence-electron chi connectivity index (χ0n) is 39.9. The van der Waals surface area contributed by atoms with E-state index in [4.69, 9.17) is 19.9 Å². The van der Waals surface area contributed by atoms with Crippen LogP contribution in [0.15, 0.2) is 243 Å². The van der Waals surface area contributed by atoms with E-state index in [-0.39, 0.29) is 11.8 Å². The molecule has 2 atom stereocenters. The summed E-state index contributed by atoms with van der Waals surface area (Å²) in [6.07, 6.45) is 0. The highest BCUT2D eigenvalue weighted by atomic mass is 32.1. The van der Waals surface area contributed by atoms with E-state index in [0.717, 1.165) is 56.2 Å². The number of rotatable bonds is 8. The third kappa shape index (κ3) is 7.33.